The third kappa shape index (κ3) is 2.81. The molecule has 19 heavy (non-hydrogen) atoms. The molecule has 3 heteroatoms. The van der Waals surface area contributed by atoms with Gasteiger partial charge in [-0.15, -0.1) is 0 Å². The molecular weight excluding hydrogens is 256 g/mol. The van der Waals surface area contributed by atoms with Crippen LogP contribution in [0.4, 0.5) is 0 Å². The van der Waals surface area contributed by atoms with Gasteiger partial charge in [0.25, 0.3) is 0 Å². The molecule has 1 aliphatic heterocycles. The first-order chi connectivity index (χ1) is 9.18. The molecule has 3 rings (SSSR count). The molecule has 1 spiro atoms. The second-order valence-corrected chi connectivity index (χ2v) is 6.66. The number of rotatable bonds is 2. The van der Waals surface area contributed by atoms with Crippen LogP contribution in [0, 0.1) is 0 Å². The van der Waals surface area contributed by atoms with E-state index in [1.807, 2.05) is 12.1 Å². The van der Waals surface area contributed by atoms with Crippen molar-refractivity contribution in [2.75, 3.05) is 13.1 Å². The van der Waals surface area contributed by atoms with Crippen molar-refractivity contribution in [3.63, 3.8) is 0 Å². The molecule has 2 fully saturated rings. The van der Waals surface area contributed by atoms with Crippen LogP contribution in [0.25, 0.3) is 0 Å². The Kier molecular flexibility index (Phi) is 3.84. The molecule has 0 radical (unpaired) electrons. The van der Waals surface area contributed by atoms with Crippen molar-refractivity contribution in [2.45, 2.75) is 50.7 Å². The maximum absolute atomic E-state index is 5.97. The van der Waals surface area contributed by atoms with Gasteiger partial charge in [-0.05, 0) is 37.5 Å². The van der Waals surface area contributed by atoms with Gasteiger partial charge in [0, 0.05) is 36.2 Å². The van der Waals surface area contributed by atoms with Crippen LogP contribution in [-0.2, 0) is 6.54 Å². The maximum Gasteiger partial charge on any atom is 0.0406 e. The van der Waals surface area contributed by atoms with Crippen molar-refractivity contribution in [1.29, 1.82) is 0 Å². The normalized spacial score (nSPS) is 26.9. The van der Waals surface area contributed by atoms with E-state index in [0.717, 1.165) is 24.7 Å². The third-order valence-electron chi connectivity index (χ3n) is 4.77. The lowest BCUT2D eigenvalue weighted by Crippen LogP contribution is -2.62. The Hall–Kier alpha value is -0.570. The summed E-state index contributed by atoms with van der Waals surface area (Å²) in [6.45, 7) is 5.66. The summed E-state index contributed by atoms with van der Waals surface area (Å²) in [7, 11) is 0. The zero-order valence-electron chi connectivity index (χ0n) is 11.7. The molecule has 1 heterocycles. The molecule has 1 saturated heterocycles. The van der Waals surface area contributed by atoms with Crippen LogP contribution in [0.3, 0.4) is 0 Å². The molecule has 1 N–H and O–H groups in total. The third-order valence-corrected chi connectivity index (χ3v) is 5.02. The standard InChI is InChI=1S/C16H23ClN2/c1-13-10-19(11-14-4-6-15(17)7-5-14)16(12-18-13)8-2-3-9-16/h4-7,13,18H,2-3,8-12H2,1H3. The van der Waals surface area contributed by atoms with E-state index >= 15 is 0 Å². The first-order valence-corrected chi connectivity index (χ1v) is 7.79. The Morgan fingerprint density at radius 3 is 2.63 bits per heavy atom. The van der Waals surface area contributed by atoms with E-state index in [0.29, 0.717) is 11.6 Å². The van der Waals surface area contributed by atoms with Gasteiger partial charge in [-0.3, -0.25) is 4.90 Å². The van der Waals surface area contributed by atoms with Gasteiger partial charge in [0.2, 0.25) is 0 Å². The van der Waals surface area contributed by atoms with E-state index in [4.69, 9.17) is 11.6 Å². The van der Waals surface area contributed by atoms with E-state index in [9.17, 15) is 0 Å². The molecule has 0 amide bonds. The molecule has 0 aromatic heterocycles. The zero-order valence-corrected chi connectivity index (χ0v) is 12.4. The molecule has 104 valence electrons. The molecular formula is C16H23ClN2. The van der Waals surface area contributed by atoms with E-state index in [1.165, 1.54) is 31.2 Å². The molecule has 1 saturated carbocycles. The van der Waals surface area contributed by atoms with Crippen LogP contribution in [-0.4, -0.2) is 29.6 Å². The molecule has 2 aliphatic rings. The summed E-state index contributed by atoms with van der Waals surface area (Å²) in [5.41, 5.74) is 1.79. The van der Waals surface area contributed by atoms with E-state index in [1.54, 1.807) is 0 Å². The van der Waals surface area contributed by atoms with Gasteiger partial charge < -0.3 is 5.32 Å². The molecule has 1 atom stereocenters. The van der Waals surface area contributed by atoms with Gasteiger partial charge in [-0.2, -0.15) is 0 Å². The minimum Gasteiger partial charge on any atom is -0.311 e. The van der Waals surface area contributed by atoms with Crippen molar-refractivity contribution in [2.24, 2.45) is 0 Å². The van der Waals surface area contributed by atoms with E-state index in [2.05, 4.69) is 29.3 Å². The number of hydrogen-bond acceptors (Lipinski definition) is 2. The number of hydrogen-bond donors (Lipinski definition) is 1. The van der Waals surface area contributed by atoms with E-state index in [-0.39, 0.29) is 0 Å². The predicted molar refractivity (Wildman–Crippen MR) is 80.5 cm³/mol. The maximum atomic E-state index is 5.97. The van der Waals surface area contributed by atoms with Crippen LogP contribution < -0.4 is 5.32 Å². The molecule has 0 bridgehead atoms. The lowest BCUT2D eigenvalue weighted by molar-refractivity contribution is 0.0393. The first kappa shape index (κ1) is 13.4. The van der Waals surface area contributed by atoms with Gasteiger partial charge in [0.1, 0.15) is 0 Å². The second-order valence-electron chi connectivity index (χ2n) is 6.22. The quantitative estimate of drug-likeness (QED) is 0.891. The summed E-state index contributed by atoms with van der Waals surface area (Å²) >= 11 is 5.97. The molecule has 1 aromatic carbocycles. The summed E-state index contributed by atoms with van der Waals surface area (Å²) in [6, 6.07) is 8.93. The van der Waals surface area contributed by atoms with Gasteiger partial charge >= 0.3 is 0 Å². The minimum absolute atomic E-state index is 0.409. The molecule has 1 aliphatic carbocycles. The first-order valence-electron chi connectivity index (χ1n) is 7.41. The lowest BCUT2D eigenvalue weighted by atomic mass is 9.90. The summed E-state index contributed by atoms with van der Waals surface area (Å²) in [5, 5.41) is 4.50. The highest BCUT2D eigenvalue weighted by atomic mass is 35.5. The average molecular weight is 279 g/mol. The fourth-order valence-electron chi connectivity index (χ4n) is 3.63. The van der Waals surface area contributed by atoms with Crippen LogP contribution in [0.2, 0.25) is 5.02 Å². The Balaban J connectivity index is 1.77. The predicted octanol–water partition coefficient (Wildman–Crippen LogP) is 3.45. The van der Waals surface area contributed by atoms with Gasteiger partial charge in [0.05, 0.1) is 0 Å². The topological polar surface area (TPSA) is 15.3 Å². The van der Waals surface area contributed by atoms with Crippen LogP contribution >= 0.6 is 11.6 Å². The van der Waals surface area contributed by atoms with Crippen LogP contribution in [0.5, 0.6) is 0 Å². The van der Waals surface area contributed by atoms with Gasteiger partial charge in [-0.1, -0.05) is 36.6 Å². The highest BCUT2D eigenvalue weighted by molar-refractivity contribution is 6.30. The number of nitrogens with zero attached hydrogens (tertiary/aromatic N) is 1. The fraction of sp³-hybridized carbons (Fsp3) is 0.625. The second kappa shape index (κ2) is 5.43. The Morgan fingerprint density at radius 1 is 1.26 bits per heavy atom. The molecule has 2 nitrogen and oxygen atoms in total. The molecule has 1 unspecified atom stereocenters. The number of benzene rings is 1. The van der Waals surface area contributed by atoms with Crippen molar-refractivity contribution < 1.29 is 0 Å². The SMILES string of the molecule is CC1CN(Cc2ccc(Cl)cc2)C2(CCCC2)CN1. The van der Waals surface area contributed by atoms with E-state index < -0.39 is 0 Å². The average Bonchev–Trinajstić information content (AvgIpc) is 2.87. The number of piperazine rings is 1. The summed E-state index contributed by atoms with van der Waals surface area (Å²) in [6.07, 6.45) is 5.46. The summed E-state index contributed by atoms with van der Waals surface area (Å²) < 4.78 is 0. The van der Waals surface area contributed by atoms with Gasteiger partial charge in [0.15, 0.2) is 0 Å². The zero-order chi connectivity index (χ0) is 13.3. The van der Waals surface area contributed by atoms with Gasteiger partial charge in [-0.25, -0.2) is 0 Å². The Morgan fingerprint density at radius 2 is 1.95 bits per heavy atom. The summed E-state index contributed by atoms with van der Waals surface area (Å²) in [5.74, 6) is 0. The summed E-state index contributed by atoms with van der Waals surface area (Å²) in [4.78, 5) is 2.71. The minimum atomic E-state index is 0.409. The van der Waals surface area contributed by atoms with Crippen LogP contribution in [0.1, 0.15) is 38.2 Å². The van der Waals surface area contributed by atoms with Crippen molar-refractivity contribution in [3.05, 3.63) is 34.9 Å². The number of nitrogens with one attached hydrogen (secondary N) is 1. The molecule has 1 aromatic rings. The van der Waals surface area contributed by atoms with Crippen LogP contribution in [0.15, 0.2) is 24.3 Å². The lowest BCUT2D eigenvalue weighted by Gasteiger charge is -2.48. The highest BCUT2D eigenvalue weighted by Crippen LogP contribution is 2.37. The Labute approximate surface area is 121 Å². The number of halogens is 1. The van der Waals surface area contributed by atoms with Crippen molar-refractivity contribution >= 4 is 11.6 Å². The smallest absolute Gasteiger partial charge is 0.0406 e. The fourth-order valence-corrected chi connectivity index (χ4v) is 3.76. The van der Waals surface area contributed by atoms with Crippen molar-refractivity contribution in [1.82, 2.24) is 10.2 Å². The van der Waals surface area contributed by atoms with Crippen molar-refractivity contribution in [3.8, 4) is 0 Å². The largest absolute Gasteiger partial charge is 0.311 e. The highest BCUT2D eigenvalue weighted by Gasteiger charge is 2.42. The Bertz CT molecular complexity index is 423. The monoisotopic (exact) mass is 278 g/mol.